The van der Waals surface area contributed by atoms with Crippen molar-refractivity contribution in [1.29, 1.82) is 0 Å². The third kappa shape index (κ3) is 4.14. The van der Waals surface area contributed by atoms with E-state index < -0.39 is 18.5 Å². The lowest BCUT2D eigenvalue weighted by molar-refractivity contribution is -0.119. The first-order chi connectivity index (χ1) is 12.0. The third-order valence-corrected chi connectivity index (χ3v) is 4.19. The molecule has 3 rings (SSSR count). The van der Waals surface area contributed by atoms with E-state index in [4.69, 9.17) is 4.74 Å². The highest BCUT2D eigenvalue weighted by molar-refractivity contribution is 7.14. The van der Waals surface area contributed by atoms with Gasteiger partial charge in [-0.15, -0.1) is 11.3 Å². The molecule has 2 amide bonds. The van der Waals surface area contributed by atoms with Crippen LogP contribution in [-0.4, -0.2) is 38.1 Å². The highest BCUT2D eigenvalue weighted by Crippen LogP contribution is 2.21. The van der Waals surface area contributed by atoms with Crippen LogP contribution in [0.2, 0.25) is 0 Å². The van der Waals surface area contributed by atoms with Crippen molar-refractivity contribution in [3.63, 3.8) is 0 Å². The smallest absolute Gasteiger partial charge is 0.358 e. The monoisotopic (exact) mass is 377 g/mol. The standard InChI is InChI=1S/C14H11N5O4S2/c1-7(20)15-14-17-10(6-24-14)13(22)23-5-11(21)16-8-3-2-4-9-12(8)19-25-18-9/h2-4,6H,5H2,1H3,(H,16,21)(H,15,17,20). The van der Waals surface area contributed by atoms with Gasteiger partial charge in [-0.1, -0.05) is 6.07 Å². The van der Waals surface area contributed by atoms with Crippen LogP contribution in [-0.2, 0) is 14.3 Å². The lowest BCUT2D eigenvalue weighted by Gasteiger charge is -2.06. The van der Waals surface area contributed by atoms with E-state index in [0.717, 1.165) is 23.1 Å². The maximum atomic E-state index is 12.0. The second-order valence-corrected chi connectivity index (χ2v) is 6.17. The third-order valence-electron chi connectivity index (χ3n) is 2.89. The van der Waals surface area contributed by atoms with Crippen LogP contribution in [0.4, 0.5) is 10.8 Å². The number of rotatable bonds is 5. The zero-order valence-electron chi connectivity index (χ0n) is 12.8. The molecule has 0 fully saturated rings. The maximum Gasteiger partial charge on any atom is 0.358 e. The Balaban J connectivity index is 1.57. The molecular formula is C14H11N5O4S2. The summed E-state index contributed by atoms with van der Waals surface area (Å²) in [7, 11) is 0. The van der Waals surface area contributed by atoms with Crippen molar-refractivity contribution in [2.45, 2.75) is 6.92 Å². The minimum atomic E-state index is -0.753. The molecule has 11 heteroatoms. The van der Waals surface area contributed by atoms with Crippen molar-refractivity contribution in [1.82, 2.24) is 13.7 Å². The van der Waals surface area contributed by atoms with Crippen LogP contribution >= 0.6 is 23.1 Å². The van der Waals surface area contributed by atoms with Crippen LogP contribution in [0.5, 0.6) is 0 Å². The Morgan fingerprint density at radius 2 is 2.04 bits per heavy atom. The van der Waals surface area contributed by atoms with E-state index in [1.54, 1.807) is 18.2 Å². The Hall–Kier alpha value is -2.92. The fourth-order valence-electron chi connectivity index (χ4n) is 1.87. The average molecular weight is 377 g/mol. The quantitative estimate of drug-likeness (QED) is 0.651. The summed E-state index contributed by atoms with van der Waals surface area (Å²) in [6.07, 6.45) is 0. The van der Waals surface area contributed by atoms with E-state index in [9.17, 15) is 14.4 Å². The molecule has 0 aliphatic heterocycles. The molecule has 0 bridgehead atoms. The van der Waals surface area contributed by atoms with Gasteiger partial charge < -0.3 is 15.4 Å². The summed E-state index contributed by atoms with van der Waals surface area (Å²) >= 11 is 2.13. The number of nitrogens with zero attached hydrogens (tertiary/aromatic N) is 3. The van der Waals surface area contributed by atoms with E-state index >= 15 is 0 Å². The number of aromatic nitrogens is 3. The van der Waals surface area contributed by atoms with Gasteiger partial charge in [0.1, 0.15) is 11.0 Å². The summed E-state index contributed by atoms with van der Waals surface area (Å²) in [6, 6.07) is 5.21. The molecule has 3 aromatic rings. The number of hydrogen-bond acceptors (Lipinski definition) is 9. The van der Waals surface area contributed by atoms with E-state index in [-0.39, 0.29) is 16.7 Å². The largest absolute Gasteiger partial charge is 0.451 e. The van der Waals surface area contributed by atoms with Crippen LogP contribution < -0.4 is 10.6 Å². The van der Waals surface area contributed by atoms with Gasteiger partial charge in [-0.2, -0.15) is 8.75 Å². The molecule has 0 saturated heterocycles. The van der Waals surface area contributed by atoms with Crippen molar-refractivity contribution in [3.05, 3.63) is 29.3 Å². The minimum Gasteiger partial charge on any atom is -0.451 e. The fourth-order valence-corrected chi connectivity index (χ4v) is 3.15. The lowest BCUT2D eigenvalue weighted by atomic mass is 10.2. The van der Waals surface area contributed by atoms with Gasteiger partial charge in [0.15, 0.2) is 17.4 Å². The number of nitrogens with one attached hydrogen (secondary N) is 2. The summed E-state index contributed by atoms with van der Waals surface area (Å²) in [4.78, 5) is 38.7. The van der Waals surface area contributed by atoms with Gasteiger partial charge in [0.05, 0.1) is 17.4 Å². The maximum absolute atomic E-state index is 12.0. The van der Waals surface area contributed by atoms with E-state index in [0.29, 0.717) is 16.7 Å². The summed E-state index contributed by atoms with van der Waals surface area (Å²) in [5.74, 6) is -1.55. The molecule has 2 aromatic heterocycles. The number of anilines is 2. The number of fused-ring (bicyclic) bond motifs is 1. The summed E-state index contributed by atoms with van der Waals surface area (Å²) < 4.78 is 13.1. The van der Waals surface area contributed by atoms with Crippen molar-refractivity contribution in [3.8, 4) is 0 Å². The molecule has 0 atom stereocenters. The number of esters is 1. The summed E-state index contributed by atoms with van der Waals surface area (Å²) in [6.45, 7) is 0.863. The molecule has 0 spiro atoms. The Bertz CT molecular complexity index is 952. The number of amides is 2. The van der Waals surface area contributed by atoms with Crippen LogP contribution in [0.15, 0.2) is 23.6 Å². The first-order valence-corrected chi connectivity index (χ1v) is 8.55. The minimum absolute atomic E-state index is 0.0207. The average Bonchev–Trinajstić information content (AvgIpc) is 3.21. The van der Waals surface area contributed by atoms with Gasteiger partial charge in [-0.25, -0.2) is 9.78 Å². The van der Waals surface area contributed by atoms with Crippen molar-refractivity contribution in [2.24, 2.45) is 0 Å². The van der Waals surface area contributed by atoms with E-state index in [2.05, 4.69) is 24.4 Å². The Labute approximate surface area is 149 Å². The zero-order valence-corrected chi connectivity index (χ0v) is 14.4. The van der Waals surface area contributed by atoms with Gasteiger partial charge >= 0.3 is 5.97 Å². The first-order valence-electron chi connectivity index (χ1n) is 6.94. The molecule has 0 aliphatic carbocycles. The van der Waals surface area contributed by atoms with Crippen LogP contribution in [0.1, 0.15) is 17.4 Å². The lowest BCUT2D eigenvalue weighted by Crippen LogP contribution is -2.21. The van der Waals surface area contributed by atoms with E-state index in [1.165, 1.54) is 12.3 Å². The molecule has 1 aromatic carbocycles. The number of carbonyl (C=O) groups excluding carboxylic acids is 3. The van der Waals surface area contributed by atoms with Crippen molar-refractivity contribution in [2.75, 3.05) is 17.2 Å². The van der Waals surface area contributed by atoms with Gasteiger partial charge in [0, 0.05) is 12.3 Å². The van der Waals surface area contributed by atoms with Crippen LogP contribution in [0, 0.1) is 0 Å². The summed E-state index contributed by atoms with van der Waals surface area (Å²) in [5, 5.41) is 6.81. The predicted octanol–water partition coefficient (Wildman–Crippen LogP) is 1.90. The molecule has 2 heterocycles. The van der Waals surface area contributed by atoms with E-state index in [1.807, 2.05) is 0 Å². The van der Waals surface area contributed by atoms with Gasteiger partial charge in [-0.05, 0) is 12.1 Å². The Kier molecular flexibility index (Phi) is 4.95. The number of carbonyl (C=O) groups is 3. The molecule has 25 heavy (non-hydrogen) atoms. The highest BCUT2D eigenvalue weighted by atomic mass is 32.1. The number of thiazole rings is 1. The molecule has 128 valence electrons. The SMILES string of the molecule is CC(=O)Nc1nc(C(=O)OCC(=O)Nc2cccc3nsnc23)cs1. The van der Waals surface area contributed by atoms with Crippen LogP contribution in [0.3, 0.4) is 0 Å². The number of benzene rings is 1. The highest BCUT2D eigenvalue weighted by Gasteiger charge is 2.15. The Morgan fingerprint density at radius 1 is 1.20 bits per heavy atom. The summed E-state index contributed by atoms with van der Waals surface area (Å²) in [5.41, 5.74) is 1.76. The molecule has 0 unspecified atom stereocenters. The Morgan fingerprint density at radius 3 is 2.84 bits per heavy atom. The molecule has 0 saturated carbocycles. The second kappa shape index (κ2) is 7.32. The van der Waals surface area contributed by atoms with Gasteiger partial charge in [-0.3, -0.25) is 9.59 Å². The van der Waals surface area contributed by atoms with Gasteiger partial charge in [0.25, 0.3) is 5.91 Å². The molecule has 0 aliphatic rings. The number of ether oxygens (including phenoxy) is 1. The molecule has 0 radical (unpaired) electrons. The second-order valence-electron chi connectivity index (χ2n) is 4.78. The first kappa shape index (κ1) is 16.9. The van der Waals surface area contributed by atoms with Crippen molar-refractivity contribution >= 4 is 62.7 Å². The topological polar surface area (TPSA) is 123 Å². The molecule has 2 N–H and O–H groups in total. The molecular weight excluding hydrogens is 366 g/mol. The normalized spacial score (nSPS) is 10.4. The fraction of sp³-hybridized carbons (Fsp3) is 0.143. The zero-order chi connectivity index (χ0) is 17.8. The van der Waals surface area contributed by atoms with Crippen molar-refractivity contribution < 1.29 is 19.1 Å². The predicted molar refractivity (Wildman–Crippen MR) is 92.7 cm³/mol. The van der Waals surface area contributed by atoms with Gasteiger partial charge in [0.2, 0.25) is 5.91 Å². The van der Waals surface area contributed by atoms with Crippen LogP contribution in [0.25, 0.3) is 11.0 Å². The number of hydrogen-bond donors (Lipinski definition) is 2. The molecule has 9 nitrogen and oxygen atoms in total.